The smallest absolute Gasteiger partial charge is 0.243 e. The second-order valence-corrected chi connectivity index (χ2v) is 9.02. The number of β-amino-alcohol motifs (C(OH)–C–C–N with tert-alkyl or cyclic N) is 1. The molecule has 6 nitrogen and oxygen atoms in total. The highest BCUT2D eigenvalue weighted by atomic mass is 32.2. The van der Waals surface area contributed by atoms with E-state index in [2.05, 4.69) is 11.5 Å². The van der Waals surface area contributed by atoms with Crippen molar-refractivity contribution >= 4 is 10.0 Å². The van der Waals surface area contributed by atoms with Gasteiger partial charge >= 0.3 is 0 Å². The van der Waals surface area contributed by atoms with Gasteiger partial charge in [-0.05, 0) is 30.2 Å². The van der Waals surface area contributed by atoms with E-state index in [4.69, 9.17) is 4.74 Å². The Morgan fingerprint density at radius 3 is 2.38 bits per heavy atom. The Kier molecular flexibility index (Phi) is 7.44. The second-order valence-electron chi connectivity index (χ2n) is 7.08. The molecule has 2 aromatic carbocycles. The second kappa shape index (κ2) is 10.0. The van der Waals surface area contributed by atoms with Gasteiger partial charge in [-0.25, -0.2) is 8.42 Å². The van der Waals surface area contributed by atoms with Crippen LogP contribution in [-0.2, 0) is 16.4 Å². The molecular weight excluding hydrogens is 388 g/mol. The molecule has 1 aliphatic rings. The summed E-state index contributed by atoms with van der Waals surface area (Å²) in [6.07, 6.45) is 1.88. The number of nitrogens with zero attached hydrogens (tertiary/aromatic N) is 2. The van der Waals surface area contributed by atoms with E-state index < -0.39 is 16.1 Å². The monoisotopic (exact) mass is 416 g/mol. The summed E-state index contributed by atoms with van der Waals surface area (Å²) >= 11 is 0. The van der Waals surface area contributed by atoms with Crippen LogP contribution in [0.4, 0.5) is 0 Å². The first-order valence-corrected chi connectivity index (χ1v) is 11.2. The molecule has 7 heteroatoms. The van der Waals surface area contributed by atoms with Gasteiger partial charge in [-0.1, -0.05) is 42.5 Å². The zero-order chi connectivity index (χ0) is 20.7. The number of para-hydroxylation sites is 1. The Morgan fingerprint density at radius 2 is 1.69 bits per heavy atom. The fraction of sp³-hybridized carbons (Fsp3) is 0.364. The zero-order valence-corrected chi connectivity index (χ0v) is 17.3. The van der Waals surface area contributed by atoms with Gasteiger partial charge in [0.05, 0.1) is 4.90 Å². The summed E-state index contributed by atoms with van der Waals surface area (Å²) in [7, 11) is -3.46. The van der Waals surface area contributed by atoms with Gasteiger partial charge in [0.25, 0.3) is 0 Å². The van der Waals surface area contributed by atoms with Crippen LogP contribution in [-0.4, -0.2) is 68.2 Å². The van der Waals surface area contributed by atoms with Crippen LogP contribution in [0, 0.1) is 0 Å². The molecule has 1 aliphatic heterocycles. The van der Waals surface area contributed by atoms with Gasteiger partial charge in [-0.3, -0.25) is 4.90 Å². The van der Waals surface area contributed by atoms with E-state index in [0.29, 0.717) is 44.0 Å². The number of rotatable bonds is 9. The third-order valence-corrected chi connectivity index (χ3v) is 6.86. The fourth-order valence-corrected chi connectivity index (χ4v) is 4.84. The normalized spacial score (nSPS) is 17.0. The van der Waals surface area contributed by atoms with E-state index in [0.717, 1.165) is 11.3 Å². The van der Waals surface area contributed by atoms with Crippen LogP contribution in [0.15, 0.2) is 72.1 Å². The maximum Gasteiger partial charge on any atom is 0.243 e. The predicted molar refractivity (Wildman–Crippen MR) is 113 cm³/mol. The predicted octanol–water partition coefficient (Wildman–Crippen LogP) is 2.16. The van der Waals surface area contributed by atoms with Crippen molar-refractivity contribution in [2.45, 2.75) is 17.4 Å². The number of benzene rings is 2. The summed E-state index contributed by atoms with van der Waals surface area (Å²) in [6, 6.07) is 16.2. The third-order valence-electron chi connectivity index (χ3n) is 4.95. The van der Waals surface area contributed by atoms with Crippen molar-refractivity contribution in [3.63, 3.8) is 0 Å². The minimum absolute atomic E-state index is 0.191. The van der Waals surface area contributed by atoms with E-state index >= 15 is 0 Å². The van der Waals surface area contributed by atoms with E-state index in [1.165, 1.54) is 4.31 Å². The lowest BCUT2D eigenvalue weighted by Crippen LogP contribution is -2.50. The molecule has 29 heavy (non-hydrogen) atoms. The van der Waals surface area contributed by atoms with Gasteiger partial charge in [0.15, 0.2) is 0 Å². The summed E-state index contributed by atoms with van der Waals surface area (Å²) in [4.78, 5) is 2.39. The zero-order valence-electron chi connectivity index (χ0n) is 16.5. The van der Waals surface area contributed by atoms with Crippen LogP contribution in [0.1, 0.15) is 5.56 Å². The van der Waals surface area contributed by atoms with Gasteiger partial charge < -0.3 is 9.84 Å². The summed E-state index contributed by atoms with van der Waals surface area (Å²) in [5, 5.41) is 10.4. The minimum atomic E-state index is -3.46. The number of sulfonamides is 1. The van der Waals surface area contributed by atoms with Gasteiger partial charge in [-0.2, -0.15) is 4.31 Å². The van der Waals surface area contributed by atoms with Crippen molar-refractivity contribution in [1.82, 2.24) is 9.21 Å². The summed E-state index contributed by atoms with van der Waals surface area (Å²) in [5.41, 5.74) is 1.04. The number of hydrogen-bond donors (Lipinski definition) is 1. The third kappa shape index (κ3) is 5.67. The number of hydrogen-bond acceptors (Lipinski definition) is 5. The Labute approximate surface area is 173 Å². The highest BCUT2D eigenvalue weighted by Gasteiger charge is 2.28. The van der Waals surface area contributed by atoms with Crippen LogP contribution in [0.5, 0.6) is 5.75 Å². The van der Waals surface area contributed by atoms with Crippen LogP contribution in [0.3, 0.4) is 0 Å². The maximum atomic E-state index is 12.7. The minimum Gasteiger partial charge on any atom is -0.491 e. The molecule has 2 aromatic rings. The highest BCUT2D eigenvalue weighted by Crippen LogP contribution is 2.20. The lowest BCUT2D eigenvalue weighted by molar-refractivity contribution is 0.0566. The summed E-state index contributed by atoms with van der Waals surface area (Å²) in [5.74, 6) is 0.755. The van der Waals surface area contributed by atoms with Crippen molar-refractivity contribution in [3.8, 4) is 5.75 Å². The molecule has 0 aliphatic carbocycles. The summed E-state index contributed by atoms with van der Waals surface area (Å²) in [6.45, 7) is 6.37. The molecule has 156 valence electrons. The van der Waals surface area contributed by atoms with Crippen LogP contribution in [0.2, 0.25) is 0 Å². The first-order valence-electron chi connectivity index (χ1n) is 9.78. The molecule has 3 rings (SSSR count). The standard InChI is InChI=1S/C22H28N2O4S/c1-2-8-19-9-6-7-12-22(19)28-18-20(25)17-23-13-15-24(16-14-23)29(26,27)21-10-4-3-5-11-21/h2-7,9-12,20,25H,1,8,13-18H2. The Hall–Kier alpha value is -2.19. The molecule has 0 amide bonds. The molecule has 0 radical (unpaired) electrons. The van der Waals surface area contributed by atoms with Crippen molar-refractivity contribution in [2.24, 2.45) is 0 Å². The Bertz CT molecular complexity index is 894. The van der Waals surface area contributed by atoms with Crippen molar-refractivity contribution in [3.05, 3.63) is 72.8 Å². The highest BCUT2D eigenvalue weighted by molar-refractivity contribution is 7.89. The van der Waals surface area contributed by atoms with Gasteiger partial charge in [0.2, 0.25) is 10.0 Å². The summed E-state index contributed by atoms with van der Waals surface area (Å²) < 4.78 is 32.7. The quantitative estimate of drug-likeness (QED) is 0.635. The average Bonchev–Trinajstić information content (AvgIpc) is 2.74. The molecule has 1 N–H and O–H groups in total. The molecular formula is C22H28N2O4S. The molecule has 0 bridgehead atoms. The van der Waals surface area contributed by atoms with Gasteiger partial charge in [0, 0.05) is 32.7 Å². The first-order chi connectivity index (χ1) is 14.0. The lowest BCUT2D eigenvalue weighted by Gasteiger charge is -2.34. The van der Waals surface area contributed by atoms with Gasteiger partial charge in [0.1, 0.15) is 18.5 Å². The molecule has 1 heterocycles. The molecule has 0 spiro atoms. The molecule has 1 fully saturated rings. The Balaban J connectivity index is 1.48. The Morgan fingerprint density at radius 1 is 1.03 bits per heavy atom. The number of allylic oxidation sites excluding steroid dienone is 1. The van der Waals surface area contributed by atoms with Crippen molar-refractivity contribution < 1.29 is 18.3 Å². The number of aliphatic hydroxyl groups excluding tert-OH is 1. The van der Waals surface area contributed by atoms with E-state index in [1.54, 1.807) is 30.3 Å². The SMILES string of the molecule is C=CCc1ccccc1OCC(O)CN1CCN(S(=O)(=O)c2ccccc2)CC1. The van der Waals surface area contributed by atoms with Crippen molar-refractivity contribution in [1.29, 1.82) is 0 Å². The number of aliphatic hydroxyl groups is 1. The van der Waals surface area contributed by atoms with E-state index in [-0.39, 0.29) is 6.61 Å². The average molecular weight is 417 g/mol. The largest absolute Gasteiger partial charge is 0.491 e. The molecule has 1 saturated heterocycles. The van der Waals surface area contributed by atoms with Crippen LogP contribution < -0.4 is 4.74 Å². The first kappa shape index (κ1) is 21.5. The van der Waals surface area contributed by atoms with Crippen molar-refractivity contribution in [2.75, 3.05) is 39.3 Å². The molecule has 0 aromatic heterocycles. The van der Waals surface area contributed by atoms with E-state index in [1.807, 2.05) is 30.3 Å². The van der Waals surface area contributed by atoms with Crippen LogP contribution >= 0.6 is 0 Å². The lowest BCUT2D eigenvalue weighted by atomic mass is 10.1. The molecule has 1 unspecified atom stereocenters. The van der Waals surface area contributed by atoms with E-state index in [9.17, 15) is 13.5 Å². The molecule has 1 atom stereocenters. The van der Waals surface area contributed by atoms with Crippen LogP contribution in [0.25, 0.3) is 0 Å². The number of ether oxygens (including phenoxy) is 1. The maximum absolute atomic E-state index is 12.7. The fourth-order valence-electron chi connectivity index (χ4n) is 3.40. The topological polar surface area (TPSA) is 70.1 Å². The number of piperazine rings is 1. The van der Waals surface area contributed by atoms with Gasteiger partial charge in [-0.15, -0.1) is 6.58 Å². The molecule has 0 saturated carbocycles.